The molecular formula is C19H20N4O4S2. The number of thiophene rings is 1. The summed E-state index contributed by atoms with van der Waals surface area (Å²) < 4.78 is 6.19. The molecule has 1 aromatic carbocycles. The SMILES string of the molecule is COc1ccc2nc(N(CCN(C)C)C(=O)C=Cc3ccc([N+](=O)[O-])s3)sc2c1. The van der Waals surface area contributed by atoms with E-state index in [1.165, 1.54) is 23.5 Å². The largest absolute Gasteiger partial charge is 0.497 e. The van der Waals surface area contributed by atoms with Gasteiger partial charge in [0.1, 0.15) is 5.75 Å². The summed E-state index contributed by atoms with van der Waals surface area (Å²) >= 11 is 2.44. The predicted molar refractivity (Wildman–Crippen MR) is 117 cm³/mol. The Morgan fingerprint density at radius 2 is 2.03 bits per heavy atom. The summed E-state index contributed by atoms with van der Waals surface area (Å²) in [6, 6.07) is 8.65. The molecule has 0 radical (unpaired) electrons. The fraction of sp³-hybridized carbons (Fsp3) is 0.263. The van der Waals surface area contributed by atoms with E-state index in [9.17, 15) is 14.9 Å². The fourth-order valence-corrected chi connectivity index (χ4v) is 4.26. The normalized spacial score (nSPS) is 11.4. The molecule has 2 heterocycles. The van der Waals surface area contributed by atoms with Crippen molar-refractivity contribution >= 4 is 55.0 Å². The Bertz CT molecular complexity index is 1060. The van der Waals surface area contributed by atoms with E-state index in [2.05, 4.69) is 4.98 Å². The smallest absolute Gasteiger partial charge is 0.324 e. The number of hydrogen-bond acceptors (Lipinski definition) is 8. The van der Waals surface area contributed by atoms with E-state index >= 15 is 0 Å². The number of benzene rings is 1. The van der Waals surface area contributed by atoms with Crippen LogP contribution >= 0.6 is 22.7 Å². The van der Waals surface area contributed by atoms with Gasteiger partial charge in [-0.05, 0) is 44.4 Å². The molecule has 152 valence electrons. The maximum Gasteiger partial charge on any atom is 0.324 e. The predicted octanol–water partition coefficient (Wildman–Crippen LogP) is 3.88. The van der Waals surface area contributed by atoms with Crippen LogP contribution in [0.1, 0.15) is 4.88 Å². The molecule has 10 heteroatoms. The lowest BCUT2D eigenvalue weighted by molar-refractivity contribution is -0.380. The Kier molecular flexibility index (Phi) is 6.57. The molecule has 29 heavy (non-hydrogen) atoms. The summed E-state index contributed by atoms with van der Waals surface area (Å²) in [6.07, 6.45) is 3.02. The van der Waals surface area contributed by atoms with Gasteiger partial charge in [-0.25, -0.2) is 4.98 Å². The van der Waals surface area contributed by atoms with Crippen molar-refractivity contribution < 1.29 is 14.5 Å². The van der Waals surface area contributed by atoms with E-state index in [0.717, 1.165) is 27.3 Å². The van der Waals surface area contributed by atoms with Crippen LogP contribution in [0.15, 0.2) is 36.4 Å². The quantitative estimate of drug-likeness (QED) is 0.305. The van der Waals surface area contributed by atoms with Crippen LogP contribution in [0.5, 0.6) is 5.75 Å². The summed E-state index contributed by atoms with van der Waals surface area (Å²) in [5.41, 5.74) is 0.798. The van der Waals surface area contributed by atoms with Crippen LogP contribution in [0, 0.1) is 10.1 Å². The van der Waals surface area contributed by atoms with Gasteiger partial charge in [0.15, 0.2) is 5.13 Å². The average molecular weight is 433 g/mol. The van der Waals surface area contributed by atoms with Crippen LogP contribution in [-0.4, -0.2) is 55.0 Å². The lowest BCUT2D eigenvalue weighted by Crippen LogP contribution is -2.35. The van der Waals surface area contributed by atoms with Crippen molar-refractivity contribution in [2.24, 2.45) is 0 Å². The van der Waals surface area contributed by atoms with Gasteiger partial charge in [-0.1, -0.05) is 22.7 Å². The van der Waals surface area contributed by atoms with Crippen molar-refractivity contribution in [2.75, 3.05) is 39.2 Å². The molecule has 0 aliphatic carbocycles. The molecule has 8 nitrogen and oxygen atoms in total. The third-order valence-electron chi connectivity index (χ3n) is 4.03. The van der Waals surface area contributed by atoms with Crippen molar-refractivity contribution in [1.82, 2.24) is 9.88 Å². The van der Waals surface area contributed by atoms with Crippen LogP contribution in [-0.2, 0) is 4.79 Å². The Hall–Kier alpha value is -2.82. The maximum atomic E-state index is 12.9. The number of carbonyl (C=O) groups excluding carboxylic acids is 1. The molecule has 0 aliphatic rings. The van der Waals surface area contributed by atoms with Gasteiger partial charge in [-0.2, -0.15) is 0 Å². The van der Waals surface area contributed by atoms with Gasteiger partial charge in [0, 0.05) is 30.1 Å². The summed E-state index contributed by atoms with van der Waals surface area (Å²) in [5.74, 6) is 0.506. The molecule has 0 unspecified atom stereocenters. The lowest BCUT2D eigenvalue weighted by atomic mass is 10.3. The molecule has 1 amide bonds. The summed E-state index contributed by atoms with van der Waals surface area (Å²) in [5, 5.41) is 11.5. The van der Waals surface area contributed by atoms with Crippen molar-refractivity contribution in [2.45, 2.75) is 0 Å². The molecule has 0 aliphatic heterocycles. The lowest BCUT2D eigenvalue weighted by Gasteiger charge is -2.20. The Balaban J connectivity index is 1.86. The Morgan fingerprint density at radius 3 is 2.69 bits per heavy atom. The van der Waals surface area contributed by atoms with Gasteiger partial charge in [-0.3, -0.25) is 19.8 Å². The van der Waals surface area contributed by atoms with Gasteiger partial charge in [0.2, 0.25) is 0 Å². The molecule has 0 N–H and O–H groups in total. The number of aromatic nitrogens is 1. The van der Waals surface area contributed by atoms with Gasteiger partial charge >= 0.3 is 5.00 Å². The highest BCUT2D eigenvalue weighted by Gasteiger charge is 2.18. The molecule has 2 aromatic heterocycles. The number of nitro groups is 1. The molecule has 0 atom stereocenters. The maximum absolute atomic E-state index is 12.9. The van der Waals surface area contributed by atoms with Crippen molar-refractivity contribution in [3.8, 4) is 5.75 Å². The number of methoxy groups -OCH3 is 1. The number of likely N-dealkylation sites (N-methyl/N-ethyl adjacent to an activating group) is 1. The van der Waals surface area contributed by atoms with Gasteiger partial charge in [-0.15, -0.1) is 0 Å². The minimum Gasteiger partial charge on any atom is -0.497 e. The minimum absolute atomic E-state index is 0.0432. The Morgan fingerprint density at radius 1 is 1.24 bits per heavy atom. The molecule has 0 saturated heterocycles. The number of nitrogens with zero attached hydrogens (tertiary/aromatic N) is 4. The van der Waals surface area contributed by atoms with Crippen LogP contribution in [0.3, 0.4) is 0 Å². The topological polar surface area (TPSA) is 88.8 Å². The average Bonchev–Trinajstić information content (AvgIpc) is 3.32. The molecule has 3 aromatic rings. The number of thiazole rings is 1. The molecular weight excluding hydrogens is 412 g/mol. The first-order valence-corrected chi connectivity index (χ1v) is 10.3. The van der Waals surface area contributed by atoms with Crippen LogP contribution in [0.4, 0.5) is 10.1 Å². The number of anilines is 1. The summed E-state index contributed by atoms with van der Waals surface area (Å²) in [4.78, 5) is 32.1. The van der Waals surface area contributed by atoms with Crippen LogP contribution in [0.25, 0.3) is 16.3 Å². The van der Waals surface area contributed by atoms with E-state index in [4.69, 9.17) is 4.74 Å². The second-order valence-corrected chi connectivity index (χ2v) is 8.49. The minimum atomic E-state index is -0.442. The highest BCUT2D eigenvalue weighted by atomic mass is 32.1. The molecule has 0 saturated carbocycles. The second kappa shape index (κ2) is 9.12. The zero-order chi connectivity index (χ0) is 21.0. The van der Waals surface area contributed by atoms with E-state index in [1.54, 1.807) is 24.2 Å². The number of carbonyl (C=O) groups is 1. The van der Waals surface area contributed by atoms with Crippen LogP contribution in [0.2, 0.25) is 0 Å². The third kappa shape index (κ3) is 5.17. The number of ether oxygens (including phenoxy) is 1. The first-order chi connectivity index (χ1) is 13.9. The Labute approximate surface area is 175 Å². The number of hydrogen-bond donors (Lipinski definition) is 0. The van der Waals surface area contributed by atoms with E-state index < -0.39 is 4.92 Å². The van der Waals surface area contributed by atoms with Gasteiger partial charge < -0.3 is 9.64 Å². The third-order valence-corrected chi connectivity index (χ3v) is 6.08. The standard InChI is InChI=1S/C19H20N4O4S2/c1-21(2)10-11-22(17(24)8-5-14-6-9-18(28-14)23(25)26)19-20-15-7-4-13(27-3)12-16(15)29-19/h4-9,12H,10-11H2,1-3H3. The van der Waals surface area contributed by atoms with Crippen molar-refractivity contribution in [3.63, 3.8) is 0 Å². The molecule has 0 spiro atoms. The summed E-state index contributed by atoms with van der Waals surface area (Å²) in [6.45, 7) is 1.14. The first-order valence-electron chi connectivity index (χ1n) is 8.70. The first kappa shape index (κ1) is 20.9. The van der Waals surface area contributed by atoms with Crippen LogP contribution < -0.4 is 9.64 Å². The summed E-state index contributed by atoms with van der Waals surface area (Å²) in [7, 11) is 5.48. The number of fused-ring (bicyclic) bond motifs is 1. The highest BCUT2D eigenvalue weighted by molar-refractivity contribution is 7.22. The molecule has 0 bridgehead atoms. The fourth-order valence-electron chi connectivity index (χ4n) is 2.51. The number of rotatable bonds is 8. The second-order valence-electron chi connectivity index (χ2n) is 6.39. The van der Waals surface area contributed by atoms with Gasteiger partial charge in [0.25, 0.3) is 5.91 Å². The van der Waals surface area contributed by atoms with Gasteiger partial charge in [0.05, 0.1) is 22.2 Å². The number of amides is 1. The van der Waals surface area contributed by atoms with E-state index in [-0.39, 0.29) is 10.9 Å². The van der Waals surface area contributed by atoms with E-state index in [1.807, 2.05) is 37.2 Å². The van der Waals surface area contributed by atoms with Crippen molar-refractivity contribution in [3.05, 3.63) is 51.4 Å². The van der Waals surface area contributed by atoms with Crippen molar-refractivity contribution in [1.29, 1.82) is 0 Å². The highest BCUT2D eigenvalue weighted by Crippen LogP contribution is 2.32. The van der Waals surface area contributed by atoms with E-state index in [0.29, 0.717) is 23.1 Å². The zero-order valence-electron chi connectivity index (χ0n) is 16.2. The molecule has 3 rings (SSSR count). The monoisotopic (exact) mass is 432 g/mol. The molecule has 0 fully saturated rings. The zero-order valence-corrected chi connectivity index (χ0v) is 17.8.